The fraction of sp³-hybridized carbons (Fsp3) is 0.562. The van der Waals surface area contributed by atoms with Gasteiger partial charge in [-0.25, -0.2) is 4.98 Å². The van der Waals surface area contributed by atoms with Crippen molar-refractivity contribution in [1.82, 2.24) is 14.5 Å². The van der Waals surface area contributed by atoms with Gasteiger partial charge >= 0.3 is 0 Å². The summed E-state index contributed by atoms with van der Waals surface area (Å²) in [5.74, 6) is 0.849. The van der Waals surface area contributed by atoms with E-state index in [-0.39, 0.29) is 11.5 Å². The normalized spacial score (nSPS) is 14.7. The van der Waals surface area contributed by atoms with Crippen molar-refractivity contribution in [3.05, 3.63) is 26.6 Å². The Morgan fingerprint density at radius 2 is 2.14 bits per heavy atom. The number of aryl methyl sites for hydroxylation is 2. The molecule has 0 fully saturated rings. The molecule has 0 unspecified atom stereocenters. The lowest BCUT2D eigenvalue weighted by atomic mass is 10.2. The lowest BCUT2D eigenvalue weighted by Crippen LogP contribution is -2.26. The van der Waals surface area contributed by atoms with E-state index in [0.29, 0.717) is 21.6 Å². The van der Waals surface area contributed by atoms with Crippen molar-refractivity contribution in [3.8, 4) is 0 Å². The van der Waals surface area contributed by atoms with Crippen LogP contribution in [0.25, 0.3) is 10.2 Å². The molecule has 1 aliphatic rings. The predicted octanol–water partition coefficient (Wildman–Crippen LogP) is 2.58. The van der Waals surface area contributed by atoms with Crippen molar-refractivity contribution < 1.29 is 4.79 Å². The third-order valence-electron chi connectivity index (χ3n) is 4.43. The molecule has 1 amide bonds. The first kappa shape index (κ1) is 15.2. The van der Waals surface area contributed by atoms with E-state index in [1.807, 2.05) is 18.4 Å². The second kappa shape index (κ2) is 5.83. The first-order valence-electron chi connectivity index (χ1n) is 7.82. The van der Waals surface area contributed by atoms with Crippen LogP contribution in [0.2, 0.25) is 0 Å². The van der Waals surface area contributed by atoms with Crippen molar-refractivity contribution >= 4 is 27.5 Å². The van der Waals surface area contributed by atoms with Crippen LogP contribution in [-0.2, 0) is 13.0 Å². The van der Waals surface area contributed by atoms with Crippen LogP contribution in [0, 0.1) is 6.92 Å². The average Bonchev–Trinajstić information content (AvgIpc) is 2.70. The molecular weight excluding hydrogens is 298 g/mol. The summed E-state index contributed by atoms with van der Waals surface area (Å²) < 4.78 is 1.81. The number of thiophene rings is 1. The van der Waals surface area contributed by atoms with Gasteiger partial charge in [0.15, 0.2) is 0 Å². The minimum Gasteiger partial charge on any atom is -0.341 e. The summed E-state index contributed by atoms with van der Waals surface area (Å²) in [6.07, 6.45) is 4.08. The summed E-state index contributed by atoms with van der Waals surface area (Å²) in [6, 6.07) is 0. The van der Waals surface area contributed by atoms with Crippen molar-refractivity contribution in [2.24, 2.45) is 0 Å². The second-order valence-electron chi connectivity index (χ2n) is 5.85. The van der Waals surface area contributed by atoms with Crippen molar-refractivity contribution in [2.45, 2.75) is 46.1 Å². The maximum absolute atomic E-state index is 12.8. The second-order valence-corrected chi connectivity index (χ2v) is 6.85. The number of nitrogens with zero attached hydrogens (tertiary/aromatic N) is 3. The van der Waals surface area contributed by atoms with Gasteiger partial charge < -0.3 is 4.90 Å². The SMILES string of the molecule is CCN(C)C(=O)c1sc2nc3n(c(=O)c2c1C)CCCCC3. The van der Waals surface area contributed by atoms with Gasteiger partial charge in [-0.1, -0.05) is 6.42 Å². The average molecular weight is 319 g/mol. The molecule has 22 heavy (non-hydrogen) atoms. The van der Waals surface area contributed by atoms with Gasteiger partial charge in [-0.15, -0.1) is 11.3 Å². The molecule has 3 rings (SSSR count). The van der Waals surface area contributed by atoms with Crippen molar-refractivity contribution in [2.75, 3.05) is 13.6 Å². The molecule has 5 nitrogen and oxygen atoms in total. The molecule has 3 heterocycles. The summed E-state index contributed by atoms with van der Waals surface area (Å²) in [4.78, 5) is 33.0. The monoisotopic (exact) mass is 319 g/mol. The van der Waals surface area contributed by atoms with Crippen LogP contribution >= 0.6 is 11.3 Å². The number of hydrogen-bond donors (Lipinski definition) is 0. The van der Waals surface area contributed by atoms with Crippen LogP contribution in [0.5, 0.6) is 0 Å². The summed E-state index contributed by atoms with van der Waals surface area (Å²) in [5.41, 5.74) is 0.802. The van der Waals surface area contributed by atoms with Crippen LogP contribution in [-0.4, -0.2) is 34.0 Å². The Bertz CT molecular complexity index is 791. The van der Waals surface area contributed by atoms with Gasteiger partial charge in [-0.05, 0) is 32.3 Å². The number of carbonyl (C=O) groups is 1. The molecule has 6 heteroatoms. The van der Waals surface area contributed by atoms with Gasteiger partial charge in [-0.2, -0.15) is 0 Å². The molecule has 0 aliphatic carbocycles. The number of amides is 1. The van der Waals surface area contributed by atoms with E-state index < -0.39 is 0 Å². The standard InChI is InChI=1S/C16H21N3O2S/c1-4-18(3)16(21)13-10(2)12-14(22-13)17-11-8-6-5-7-9-19(11)15(12)20/h4-9H2,1-3H3. The first-order valence-corrected chi connectivity index (χ1v) is 8.64. The third kappa shape index (κ3) is 2.35. The van der Waals surface area contributed by atoms with E-state index in [1.54, 1.807) is 11.9 Å². The first-order chi connectivity index (χ1) is 10.5. The maximum atomic E-state index is 12.8. The summed E-state index contributed by atoms with van der Waals surface area (Å²) in [6.45, 7) is 5.19. The van der Waals surface area contributed by atoms with E-state index >= 15 is 0 Å². The van der Waals surface area contributed by atoms with Gasteiger partial charge in [0.05, 0.1) is 10.3 Å². The molecule has 2 aromatic heterocycles. The van der Waals surface area contributed by atoms with Crippen LogP contribution in [0.1, 0.15) is 47.2 Å². The number of fused-ring (bicyclic) bond motifs is 2. The zero-order valence-corrected chi connectivity index (χ0v) is 14.1. The fourth-order valence-corrected chi connectivity index (χ4v) is 4.12. The highest BCUT2D eigenvalue weighted by Crippen LogP contribution is 2.29. The summed E-state index contributed by atoms with van der Waals surface area (Å²) >= 11 is 1.35. The zero-order chi connectivity index (χ0) is 15.9. The van der Waals surface area contributed by atoms with Gasteiger partial charge in [0.1, 0.15) is 10.7 Å². The van der Waals surface area contributed by atoms with Crippen LogP contribution < -0.4 is 5.56 Å². The molecule has 0 N–H and O–H groups in total. The fourth-order valence-electron chi connectivity index (χ4n) is 2.93. The van der Waals surface area contributed by atoms with Crippen molar-refractivity contribution in [3.63, 3.8) is 0 Å². The van der Waals surface area contributed by atoms with Gasteiger partial charge in [-0.3, -0.25) is 14.2 Å². The Balaban J connectivity index is 2.21. The maximum Gasteiger partial charge on any atom is 0.264 e. The van der Waals surface area contributed by atoms with Gasteiger partial charge in [0, 0.05) is 26.6 Å². The molecule has 2 aromatic rings. The smallest absolute Gasteiger partial charge is 0.264 e. The van der Waals surface area contributed by atoms with Gasteiger partial charge in [0.2, 0.25) is 0 Å². The van der Waals surface area contributed by atoms with Crippen LogP contribution in [0.4, 0.5) is 0 Å². The molecule has 1 aliphatic heterocycles. The number of carbonyl (C=O) groups excluding carboxylic acids is 1. The molecular formula is C16H21N3O2S. The van der Waals surface area contributed by atoms with E-state index in [2.05, 4.69) is 0 Å². The Hall–Kier alpha value is -1.69. The highest BCUT2D eigenvalue weighted by atomic mass is 32.1. The van der Waals surface area contributed by atoms with E-state index in [1.165, 1.54) is 11.3 Å². The molecule has 0 bridgehead atoms. The third-order valence-corrected chi connectivity index (χ3v) is 5.60. The van der Waals surface area contributed by atoms with Crippen LogP contribution in [0.15, 0.2) is 4.79 Å². The molecule has 0 aromatic carbocycles. The molecule has 118 valence electrons. The Morgan fingerprint density at radius 1 is 1.36 bits per heavy atom. The molecule has 0 spiro atoms. The zero-order valence-electron chi connectivity index (χ0n) is 13.3. The highest BCUT2D eigenvalue weighted by Gasteiger charge is 2.23. The van der Waals surface area contributed by atoms with E-state index in [9.17, 15) is 9.59 Å². The Morgan fingerprint density at radius 3 is 2.86 bits per heavy atom. The predicted molar refractivity (Wildman–Crippen MR) is 88.8 cm³/mol. The van der Waals surface area contributed by atoms with E-state index in [4.69, 9.17) is 4.98 Å². The topological polar surface area (TPSA) is 55.2 Å². The summed E-state index contributed by atoms with van der Waals surface area (Å²) in [5, 5.41) is 0.628. The van der Waals surface area contributed by atoms with Crippen molar-refractivity contribution in [1.29, 1.82) is 0 Å². The van der Waals surface area contributed by atoms with Crippen LogP contribution in [0.3, 0.4) is 0 Å². The minimum absolute atomic E-state index is 0.0221. The lowest BCUT2D eigenvalue weighted by Gasteiger charge is -2.13. The molecule has 0 atom stereocenters. The lowest BCUT2D eigenvalue weighted by molar-refractivity contribution is 0.0806. The van der Waals surface area contributed by atoms with E-state index in [0.717, 1.165) is 43.6 Å². The Kier molecular flexibility index (Phi) is 4.04. The highest BCUT2D eigenvalue weighted by molar-refractivity contribution is 7.20. The largest absolute Gasteiger partial charge is 0.341 e. The number of rotatable bonds is 2. The quantitative estimate of drug-likeness (QED) is 0.855. The number of hydrogen-bond acceptors (Lipinski definition) is 4. The molecule has 0 saturated carbocycles. The Labute approximate surface area is 133 Å². The minimum atomic E-state index is -0.0254. The molecule has 0 saturated heterocycles. The molecule has 0 radical (unpaired) electrons. The summed E-state index contributed by atoms with van der Waals surface area (Å²) in [7, 11) is 1.78. The van der Waals surface area contributed by atoms with Gasteiger partial charge in [0.25, 0.3) is 11.5 Å². The number of aromatic nitrogens is 2.